The second-order valence-corrected chi connectivity index (χ2v) is 7.64. The number of hydrogen-bond donors (Lipinski definition) is 3. The van der Waals surface area contributed by atoms with E-state index >= 15 is 0 Å². The molecule has 4 rings (SSSR count). The molecule has 0 amide bonds. The maximum atomic E-state index is 10.4. The van der Waals surface area contributed by atoms with E-state index in [1.54, 1.807) is 17.7 Å². The molecule has 144 valence electrons. The highest BCUT2D eigenvalue weighted by atomic mass is 35.5. The molecule has 4 atom stereocenters. The SMILES string of the molecule is C[C@@]1(Cl)[C@H](O)[C@@H](CO)O[C@H]1n1cc(C#Cc2ccccc2)c2c(N)ncnc21. The number of aliphatic hydroxyl groups is 2. The second-order valence-electron chi connectivity index (χ2n) is 6.83. The van der Waals surface area contributed by atoms with Crippen molar-refractivity contribution in [1.29, 1.82) is 0 Å². The number of fused-ring (bicyclic) bond motifs is 1. The number of nitrogens with zero attached hydrogens (tertiary/aromatic N) is 3. The van der Waals surface area contributed by atoms with Gasteiger partial charge in [0, 0.05) is 11.8 Å². The van der Waals surface area contributed by atoms with Crippen LogP contribution in [0.2, 0.25) is 0 Å². The zero-order valence-corrected chi connectivity index (χ0v) is 15.8. The summed E-state index contributed by atoms with van der Waals surface area (Å²) in [4.78, 5) is 7.22. The van der Waals surface area contributed by atoms with Crippen molar-refractivity contribution in [2.24, 2.45) is 0 Å². The summed E-state index contributed by atoms with van der Waals surface area (Å²) in [5, 5.41) is 20.5. The lowest BCUT2D eigenvalue weighted by Gasteiger charge is -2.26. The van der Waals surface area contributed by atoms with Crippen LogP contribution in [0.3, 0.4) is 0 Å². The largest absolute Gasteiger partial charge is 0.394 e. The van der Waals surface area contributed by atoms with Gasteiger partial charge in [-0.25, -0.2) is 9.97 Å². The van der Waals surface area contributed by atoms with E-state index < -0.39 is 23.3 Å². The number of hydrogen-bond acceptors (Lipinski definition) is 6. The zero-order chi connectivity index (χ0) is 19.9. The van der Waals surface area contributed by atoms with Crippen LogP contribution in [-0.4, -0.2) is 48.4 Å². The zero-order valence-electron chi connectivity index (χ0n) is 15.1. The molecule has 0 spiro atoms. The third kappa shape index (κ3) is 3.01. The smallest absolute Gasteiger partial charge is 0.157 e. The van der Waals surface area contributed by atoms with Gasteiger partial charge in [-0.15, -0.1) is 11.6 Å². The molecule has 3 heterocycles. The first-order chi connectivity index (χ1) is 13.4. The Kier molecular flexibility index (Phi) is 4.73. The van der Waals surface area contributed by atoms with Crippen LogP contribution >= 0.6 is 11.6 Å². The first-order valence-corrected chi connectivity index (χ1v) is 9.12. The van der Waals surface area contributed by atoms with Crippen LogP contribution in [0.15, 0.2) is 42.9 Å². The fourth-order valence-electron chi connectivity index (χ4n) is 3.41. The van der Waals surface area contributed by atoms with Crippen molar-refractivity contribution in [2.75, 3.05) is 12.3 Å². The summed E-state index contributed by atoms with van der Waals surface area (Å²) in [6.07, 6.45) is 0.458. The molecule has 4 N–H and O–H groups in total. The minimum absolute atomic E-state index is 0.287. The number of nitrogens with two attached hydrogens (primary N) is 1. The molecule has 3 aromatic rings. The topological polar surface area (TPSA) is 106 Å². The lowest BCUT2D eigenvalue weighted by atomic mass is 10.0. The minimum atomic E-state index is -1.18. The Hall–Kier alpha value is -2.63. The summed E-state index contributed by atoms with van der Waals surface area (Å²) in [5.41, 5.74) is 8.06. The Bertz CT molecular complexity index is 1070. The van der Waals surface area contributed by atoms with Crippen molar-refractivity contribution in [1.82, 2.24) is 14.5 Å². The van der Waals surface area contributed by atoms with E-state index in [4.69, 9.17) is 22.1 Å². The third-order valence-corrected chi connectivity index (χ3v) is 5.31. The van der Waals surface area contributed by atoms with E-state index in [0.29, 0.717) is 16.6 Å². The van der Waals surface area contributed by atoms with Crippen molar-refractivity contribution >= 4 is 28.5 Å². The van der Waals surface area contributed by atoms with Gasteiger partial charge in [-0.05, 0) is 19.1 Å². The fraction of sp³-hybridized carbons (Fsp3) is 0.300. The van der Waals surface area contributed by atoms with E-state index in [0.717, 1.165) is 5.56 Å². The molecule has 0 aliphatic carbocycles. The van der Waals surface area contributed by atoms with Gasteiger partial charge in [-0.2, -0.15) is 0 Å². The van der Waals surface area contributed by atoms with Crippen LogP contribution in [-0.2, 0) is 4.74 Å². The molecule has 2 aromatic heterocycles. The number of halogens is 1. The highest BCUT2D eigenvalue weighted by Crippen LogP contribution is 2.44. The monoisotopic (exact) mass is 398 g/mol. The fourth-order valence-corrected chi connectivity index (χ4v) is 3.70. The van der Waals surface area contributed by atoms with Gasteiger partial charge in [-0.1, -0.05) is 30.0 Å². The number of aromatic nitrogens is 3. The maximum Gasteiger partial charge on any atom is 0.157 e. The van der Waals surface area contributed by atoms with E-state index in [1.165, 1.54) is 6.33 Å². The average Bonchev–Trinajstić information content (AvgIpc) is 3.17. The van der Waals surface area contributed by atoms with Gasteiger partial charge in [0.2, 0.25) is 0 Å². The van der Waals surface area contributed by atoms with Crippen molar-refractivity contribution in [3.63, 3.8) is 0 Å². The number of alkyl halides is 1. The molecular weight excluding hydrogens is 380 g/mol. The highest BCUT2D eigenvalue weighted by Gasteiger charge is 2.53. The Labute approximate surface area is 166 Å². The summed E-state index contributed by atoms with van der Waals surface area (Å²) in [5.74, 6) is 6.49. The molecule has 1 aliphatic rings. The molecule has 0 radical (unpaired) electrons. The van der Waals surface area contributed by atoms with Crippen molar-refractivity contribution in [3.8, 4) is 11.8 Å². The molecule has 0 unspecified atom stereocenters. The normalized spacial score (nSPS) is 26.9. The van der Waals surface area contributed by atoms with Crippen LogP contribution in [0.4, 0.5) is 5.82 Å². The van der Waals surface area contributed by atoms with Gasteiger partial charge in [0.15, 0.2) is 6.23 Å². The Morgan fingerprint density at radius 1 is 1.29 bits per heavy atom. The summed E-state index contributed by atoms with van der Waals surface area (Å²) in [6.45, 7) is 1.31. The van der Waals surface area contributed by atoms with Crippen molar-refractivity contribution in [2.45, 2.75) is 30.2 Å². The van der Waals surface area contributed by atoms with E-state index in [2.05, 4.69) is 21.8 Å². The van der Waals surface area contributed by atoms with Gasteiger partial charge in [-0.3, -0.25) is 0 Å². The van der Waals surface area contributed by atoms with Crippen LogP contribution in [0, 0.1) is 11.8 Å². The number of nitrogen functional groups attached to an aromatic ring is 1. The van der Waals surface area contributed by atoms with Crippen molar-refractivity contribution < 1.29 is 14.9 Å². The first-order valence-electron chi connectivity index (χ1n) is 8.75. The average molecular weight is 399 g/mol. The first kappa shape index (κ1) is 18.7. The minimum Gasteiger partial charge on any atom is -0.394 e. The summed E-state index contributed by atoms with van der Waals surface area (Å²) < 4.78 is 7.52. The third-order valence-electron chi connectivity index (χ3n) is 4.90. The quantitative estimate of drug-likeness (QED) is 0.447. The van der Waals surface area contributed by atoms with Crippen molar-refractivity contribution in [3.05, 3.63) is 54.0 Å². The Morgan fingerprint density at radius 3 is 2.71 bits per heavy atom. The summed E-state index contributed by atoms with van der Waals surface area (Å²) in [7, 11) is 0. The maximum absolute atomic E-state index is 10.4. The number of rotatable bonds is 2. The van der Waals surface area contributed by atoms with Crippen LogP contribution in [0.5, 0.6) is 0 Å². The molecule has 1 aromatic carbocycles. The highest BCUT2D eigenvalue weighted by molar-refractivity contribution is 6.24. The van der Waals surface area contributed by atoms with E-state index in [1.807, 2.05) is 30.3 Å². The number of benzene rings is 1. The predicted octanol–water partition coefficient (Wildman–Crippen LogP) is 1.66. The van der Waals surface area contributed by atoms with Gasteiger partial charge >= 0.3 is 0 Å². The Balaban J connectivity index is 1.85. The molecule has 0 bridgehead atoms. The number of ether oxygens (including phenoxy) is 1. The van der Waals surface area contributed by atoms with Gasteiger partial charge in [0.1, 0.15) is 34.9 Å². The van der Waals surface area contributed by atoms with E-state index in [9.17, 15) is 10.2 Å². The lowest BCUT2D eigenvalue weighted by molar-refractivity contribution is -0.0439. The predicted molar refractivity (Wildman–Crippen MR) is 106 cm³/mol. The van der Waals surface area contributed by atoms with Gasteiger partial charge in [0.25, 0.3) is 0 Å². The van der Waals surface area contributed by atoms with Gasteiger partial charge < -0.3 is 25.3 Å². The standard InChI is InChI=1S/C20H19ClN4O3/c1-20(21)16(27)14(10-26)28-19(20)25-9-13(8-7-12-5-3-2-4-6-12)15-17(22)23-11-24-18(15)25/h2-6,9,11,14,16,19,26-27H,10H2,1H3,(H2,22,23,24)/t14-,16-,19-,20-/m1/s1. The molecule has 1 aliphatic heterocycles. The van der Waals surface area contributed by atoms with Gasteiger partial charge in [0.05, 0.1) is 17.6 Å². The van der Waals surface area contributed by atoms with Crippen LogP contribution in [0.25, 0.3) is 11.0 Å². The molecular formula is C20H19ClN4O3. The molecule has 0 saturated carbocycles. The van der Waals surface area contributed by atoms with E-state index in [-0.39, 0.29) is 12.4 Å². The number of anilines is 1. The molecule has 1 saturated heterocycles. The Morgan fingerprint density at radius 2 is 2.04 bits per heavy atom. The molecule has 28 heavy (non-hydrogen) atoms. The molecule has 7 nitrogen and oxygen atoms in total. The summed E-state index contributed by atoms with van der Waals surface area (Å²) >= 11 is 6.60. The van der Waals surface area contributed by atoms with Crippen LogP contribution < -0.4 is 5.73 Å². The second kappa shape index (κ2) is 7.08. The lowest BCUT2D eigenvalue weighted by Crippen LogP contribution is -2.39. The number of aliphatic hydroxyl groups excluding tert-OH is 2. The summed E-state index contributed by atoms with van der Waals surface area (Å²) in [6, 6.07) is 9.55. The molecule has 1 fully saturated rings. The molecule has 8 heteroatoms. The van der Waals surface area contributed by atoms with Crippen LogP contribution in [0.1, 0.15) is 24.3 Å².